The lowest BCUT2D eigenvalue weighted by atomic mass is 9.75. The van der Waals surface area contributed by atoms with Crippen molar-refractivity contribution in [1.82, 2.24) is 0 Å². The number of allylic oxidation sites excluding steroid dienone is 6. The molecule has 6 rings (SSSR count). The zero-order chi connectivity index (χ0) is 24.7. The molecule has 3 aliphatic rings. The Balaban J connectivity index is 1.29. The second-order valence-electron chi connectivity index (χ2n) is 11.0. The Morgan fingerprint density at radius 3 is 2.81 bits per heavy atom. The number of aryl methyl sites for hydroxylation is 2. The van der Waals surface area contributed by atoms with Crippen LogP contribution in [0.3, 0.4) is 0 Å². The van der Waals surface area contributed by atoms with Crippen LogP contribution in [-0.4, -0.2) is 6.54 Å². The summed E-state index contributed by atoms with van der Waals surface area (Å²) in [5, 5.41) is 2.69. The van der Waals surface area contributed by atoms with E-state index in [0.29, 0.717) is 0 Å². The molecule has 36 heavy (non-hydrogen) atoms. The fraction of sp³-hybridized carbons (Fsp3) is 0.303. The molecule has 0 amide bonds. The lowest BCUT2D eigenvalue weighted by Gasteiger charge is -2.31. The van der Waals surface area contributed by atoms with Gasteiger partial charge in [-0.25, -0.2) is 0 Å². The van der Waals surface area contributed by atoms with Gasteiger partial charge >= 0.3 is 0 Å². The van der Waals surface area contributed by atoms with Gasteiger partial charge in [0.2, 0.25) is 11.2 Å². The Morgan fingerprint density at radius 1 is 1.03 bits per heavy atom. The van der Waals surface area contributed by atoms with Crippen LogP contribution in [0, 0.1) is 5.41 Å². The number of hydrogen-bond acceptors (Lipinski definition) is 2. The van der Waals surface area contributed by atoms with E-state index in [-0.39, 0.29) is 5.41 Å². The zero-order valence-electron chi connectivity index (χ0n) is 21.6. The molecule has 0 saturated carbocycles. The Bertz CT molecular complexity index is 1450. The van der Waals surface area contributed by atoms with E-state index >= 15 is 0 Å². The number of anilines is 1. The number of fused-ring (bicyclic) bond motifs is 1. The van der Waals surface area contributed by atoms with Crippen LogP contribution in [-0.2, 0) is 13.0 Å². The lowest BCUT2D eigenvalue weighted by Crippen LogP contribution is -2.36. The predicted octanol–water partition coefficient (Wildman–Crippen LogP) is 8.23. The summed E-state index contributed by atoms with van der Waals surface area (Å²) in [4.78, 5) is 3.99. The largest absolute Gasteiger partial charge is 0.335 e. The molecule has 2 aliphatic heterocycles. The second kappa shape index (κ2) is 9.44. The summed E-state index contributed by atoms with van der Waals surface area (Å²) in [5.41, 5.74) is 8.64. The molecular formula is C33H35N2S+. The highest BCUT2D eigenvalue weighted by Crippen LogP contribution is 2.51. The normalized spacial score (nSPS) is 21.0. The molecule has 0 unspecified atom stereocenters. The monoisotopic (exact) mass is 491 g/mol. The van der Waals surface area contributed by atoms with Crippen molar-refractivity contribution in [3.63, 3.8) is 0 Å². The first-order valence-corrected chi connectivity index (χ1v) is 14.1. The highest BCUT2D eigenvalue weighted by molar-refractivity contribution is 8.03. The van der Waals surface area contributed by atoms with Crippen molar-refractivity contribution in [2.45, 2.75) is 57.9 Å². The molecule has 2 aromatic carbocycles. The topological polar surface area (TPSA) is 7.12 Å². The van der Waals surface area contributed by atoms with E-state index in [1.165, 1.54) is 61.8 Å². The molecule has 0 radical (unpaired) electrons. The number of rotatable bonds is 4. The minimum absolute atomic E-state index is 0.260. The van der Waals surface area contributed by atoms with Gasteiger partial charge in [-0.1, -0.05) is 68.1 Å². The van der Waals surface area contributed by atoms with E-state index < -0.39 is 0 Å². The SMILES string of the molecule is CC[n+]1c(/C=C/C=C2C=C(/C=C3\Sc4cccc5c4N3CCC5)CC(C)(C)C/2)ccc2ccccc21. The molecule has 0 atom stereocenters. The summed E-state index contributed by atoms with van der Waals surface area (Å²) in [7, 11) is 0. The molecule has 3 aromatic rings. The van der Waals surface area contributed by atoms with Crippen LogP contribution in [0.5, 0.6) is 0 Å². The molecule has 0 saturated heterocycles. The van der Waals surface area contributed by atoms with Crippen LogP contribution in [0.1, 0.15) is 51.3 Å². The fourth-order valence-corrected chi connectivity index (χ4v) is 7.32. The van der Waals surface area contributed by atoms with Gasteiger partial charge in [0.25, 0.3) is 0 Å². The number of thioether (sulfide) groups is 1. The number of pyridine rings is 1. The fourth-order valence-electron chi connectivity index (χ4n) is 6.11. The molecule has 1 aromatic heterocycles. The maximum atomic E-state index is 2.56. The van der Waals surface area contributed by atoms with Crippen molar-refractivity contribution >= 4 is 34.4 Å². The lowest BCUT2D eigenvalue weighted by molar-refractivity contribution is -0.669. The molecule has 0 spiro atoms. The Labute approximate surface area is 219 Å². The average molecular weight is 492 g/mol. The molecule has 3 heterocycles. The Morgan fingerprint density at radius 2 is 1.92 bits per heavy atom. The first kappa shape index (κ1) is 23.4. The van der Waals surface area contributed by atoms with Gasteiger partial charge in [-0.15, -0.1) is 0 Å². The highest BCUT2D eigenvalue weighted by atomic mass is 32.2. The molecule has 2 nitrogen and oxygen atoms in total. The van der Waals surface area contributed by atoms with Crippen LogP contribution < -0.4 is 9.47 Å². The maximum Gasteiger partial charge on any atom is 0.212 e. The molecule has 0 N–H and O–H groups in total. The first-order chi connectivity index (χ1) is 17.5. The number of para-hydroxylation sites is 2. The van der Waals surface area contributed by atoms with Crippen molar-refractivity contribution in [2.24, 2.45) is 5.41 Å². The van der Waals surface area contributed by atoms with Gasteiger partial charge in [-0.05, 0) is 79.0 Å². The van der Waals surface area contributed by atoms with Crippen molar-refractivity contribution in [1.29, 1.82) is 0 Å². The van der Waals surface area contributed by atoms with E-state index in [4.69, 9.17) is 0 Å². The zero-order valence-corrected chi connectivity index (χ0v) is 22.4. The van der Waals surface area contributed by atoms with Gasteiger partial charge in [-0.2, -0.15) is 4.57 Å². The van der Waals surface area contributed by atoms with Gasteiger partial charge in [0, 0.05) is 35.0 Å². The Kier molecular flexibility index (Phi) is 6.13. The summed E-state index contributed by atoms with van der Waals surface area (Å²) in [6, 6.07) is 19.9. The minimum atomic E-state index is 0.260. The minimum Gasteiger partial charge on any atom is -0.335 e. The van der Waals surface area contributed by atoms with E-state index in [1.54, 1.807) is 0 Å². The number of hydrogen-bond donors (Lipinski definition) is 0. The molecule has 1 aliphatic carbocycles. The van der Waals surface area contributed by atoms with Crippen molar-refractivity contribution in [3.8, 4) is 0 Å². The molecule has 0 bridgehead atoms. The van der Waals surface area contributed by atoms with E-state index in [2.05, 4.69) is 115 Å². The highest BCUT2D eigenvalue weighted by Gasteiger charge is 2.31. The predicted molar refractivity (Wildman–Crippen MR) is 154 cm³/mol. The van der Waals surface area contributed by atoms with E-state index in [0.717, 1.165) is 25.9 Å². The van der Waals surface area contributed by atoms with Gasteiger partial charge in [0.15, 0.2) is 0 Å². The van der Waals surface area contributed by atoms with Crippen molar-refractivity contribution in [3.05, 3.63) is 106 Å². The van der Waals surface area contributed by atoms with Crippen LogP contribution in [0.2, 0.25) is 0 Å². The number of benzene rings is 2. The summed E-state index contributed by atoms with van der Waals surface area (Å²) < 4.78 is 2.39. The van der Waals surface area contributed by atoms with Crippen molar-refractivity contribution < 1.29 is 4.57 Å². The molecule has 0 fully saturated rings. The third-order valence-electron chi connectivity index (χ3n) is 7.57. The third kappa shape index (κ3) is 4.46. The van der Waals surface area contributed by atoms with Gasteiger partial charge in [0.05, 0.1) is 10.7 Å². The summed E-state index contributed by atoms with van der Waals surface area (Å²) in [5.74, 6) is 0. The summed E-state index contributed by atoms with van der Waals surface area (Å²) >= 11 is 1.95. The molecular weight excluding hydrogens is 456 g/mol. The smallest absolute Gasteiger partial charge is 0.212 e. The van der Waals surface area contributed by atoms with Crippen LogP contribution in [0.25, 0.3) is 17.0 Å². The van der Waals surface area contributed by atoms with Crippen LogP contribution in [0.4, 0.5) is 5.69 Å². The summed E-state index contributed by atoms with van der Waals surface area (Å²) in [6.07, 6.45) is 16.4. The van der Waals surface area contributed by atoms with Crippen LogP contribution in [0.15, 0.2) is 100.0 Å². The van der Waals surface area contributed by atoms with Crippen molar-refractivity contribution in [2.75, 3.05) is 11.4 Å². The average Bonchev–Trinajstić information content (AvgIpc) is 3.22. The van der Waals surface area contributed by atoms with Crippen LogP contribution >= 0.6 is 11.8 Å². The summed E-state index contributed by atoms with van der Waals surface area (Å²) in [6.45, 7) is 9.12. The van der Waals surface area contributed by atoms with E-state index in [9.17, 15) is 0 Å². The molecule has 3 heteroatoms. The van der Waals surface area contributed by atoms with Gasteiger partial charge in [0.1, 0.15) is 6.54 Å². The standard InChI is InChI=1S/C33H35N2S/c1-4-34-28(18-17-26-11-5-6-15-29(26)34)14-7-10-24-20-25(23-33(2,3)22-24)21-31-35-19-9-13-27-12-8-16-30(36-31)32(27)35/h5-8,10-12,14-18,20-21H,4,9,13,19,22-23H2,1-3H3/q+1. The Hall–Kier alpha value is -3.04. The number of aromatic nitrogens is 1. The number of nitrogens with zero attached hydrogens (tertiary/aromatic N) is 2. The molecule has 182 valence electrons. The maximum absolute atomic E-state index is 2.56. The van der Waals surface area contributed by atoms with Gasteiger partial charge in [-0.3, -0.25) is 0 Å². The van der Waals surface area contributed by atoms with Gasteiger partial charge < -0.3 is 4.90 Å². The third-order valence-corrected chi connectivity index (χ3v) is 8.67. The second-order valence-corrected chi connectivity index (χ2v) is 12.1. The quantitative estimate of drug-likeness (QED) is 0.339. The van der Waals surface area contributed by atoms with E-state index in [1.807, 2.05) is 11.8 Å². The first-order valence-electron chi connectivity index (χ1n) is 13.3.